The lowest BCUT2D eigenvalue weighted by molar-refractivity contribution is 0.0404. The Hall–Kier alpha value is -0.860. The standard InChI is InChI=1S/C14H21NO/c1-10-5-3-4-6-12(10)9-13(15)14-8-7-11(2)16-14/h3-6,11,13-14H,7-9,15H2,1-2H3. The Morgan fingerprint density at radius 3 is 2.75 bits per heavy atom. The fourth-order valence-electron chi connectivity index (χ4n) is 2.37. The molecule has 88 valence electrons. The molecule has 1 aliphatic heterocycles. The van der Waals surface area contributed by atoms with Gasteiger partial charge in [-0.15, -0.1) is 0 Å². The van der Waals surface area contributed by atoms with E-state index in [-0.39, 0.29) is 12.1 Å². The van der Waals surface area contributed by atoms with E-state index in [0.717, 1.165) is 19.3 Å². The fourth-order valence-corrected chi connectivity index (χ4v) is 2.37. The Kier molecular flexibility index (Phi) is 3.62. The first-order valence-corrected chi connectivity index (χ1v) is 6.12. The van der Waals surface area contributed by atoms with Gasteiger partial charge in [-0.3, -0.25) is 0 Å². The Bertz CT molecular complexity index is 350. The Balaban J connectivity index is 1.97. The van der Waals surface area contributed by atoms with E-state index in [1.54, 1.807) is 0 Å². The highest BCUT2D eigenvalue weighted by molar-refractivity contribution is 5.26. The van der Waals surface area contributed by atoms with Gasteiger partial charge in [0.05, 0.1) is 12.2 Å². The molecule has 2 nitrogen and oxygen atoms in total. The highest BCUT2D eigenvalue weighted by atomic mass is 16.5. The molecule has 0 amide bonds. The van der Waals surface area contributed by atoms with Crippen molar-refractivity contribution in [3.05, 3.63) is 35.4 Å². The van der Waals surface area contributed by atoms with E-state index in [1.165, 1.54) is 11.1 Å². The molecular weight excluding hydrogens is 198 g/mol. The van der Waals surface area contributed by atoms with Crippen molar-refractivity contribution in [1.29, 1.82) is 0 Å². The summed E-state index contributed by atoms with van der Waals surface area (Å²) in [6, 6.07) is 8.57. The van der Waals surface area contributed by atoms with Crippen LogP contribution in [0.15, 0.2) is 24.3 Å². The van der Waals surface area contributed by atoms with Gasteiger partial charge >= 0.3 is 0 Å². The predicted molar refractivity (Wildman–Crippen MR) is 66.4 cm³/mol. The molecule has 1 fully saturated rings. The molecule has 2 heteroatoms. The first-order valence-electron chi connectivity index (χ1n) is 6.12. The van der Waals surface area contributed by atoms with Gasteiger partial charge in [0, 0.05) is 6.04 Å². The van der Waals surface area contributed by atoms with Crippen molar-refractivity contribution in [3.8, 4) is 0 Å². The quantitative estimate of drug-likeness (QED) is 0.847. The number of benzene rings is 1. The van der Waals surface area contributed by atoms with Crippen LogP contribution in [0.1, 0.15) is 30.9 Å². The van der Waals surface area contributed by atoms with E-state index in [4.69, 9.17) is 10.5 Å². The lowest BCUT2D eigenvalue weighted by Gasteiger charge is -2.20. The second kappa shape index (κ2) is 4.98. The summed E-state index contributed by atoms with van der Waals surface area (Å²) in [7, 11) is 0. The minimum Gasteiger partial charge on any atom is -0.374 e. The van der Waals surface area contributed by atoms with Gasteiger partial charge in [0.1, 0.15) is 0 Å². The molecule has 0 spiro atoms. The van der Waals surface area contributed by atoms with Gasteiger partial charge in [-0.25, -0.2) is 0 Å². The highest BCUT2D eigenvalue weighted by Gasteiger charge is 2.27. The largest absolute Gasteiger partial charge is 0.374 e. The summed E-state index contributed by atoms with van der Waals surface area (Å²) >= 11 is 0. The van der Waals surface area contributed by atoms with Gasteiger partial charge in [-0.2, -0.15) is 0 Å². The highest BCUT2D eigenvalue weighted by Crippen LogP contribution is 2.23. The monoisotopic (exact) mass is 219 g/mol. The summed E-state index contributed by atoms with van der Waals surface area (Å²) in [5, 5.41) is 0. The van der Waals surface area contributed by atoms with Crippen molar-refractivity contribution in [2.45, 2.75) is 51.4 Å². The SMILES string of the molecule is Cc1ccccc1CC(N)C1CCC(C)O1. The van der Waals surface area contributed by atoms with Crippen LogP contribution in [0.5, 0.6) is 0 Å². The molecule has 2 N–H and O–H groups in total. The van der Waals surface area contributed by atoms with E-state index in [9.17, 15) is 0 Å². The zero-order chi connectivity index (χ0) is 11.5. The molecule has 0 saturated carbocycles. The van der Waals surface area contributed by atoms with Gasteiger partial charge in [0.2, 0.25) is 0 Å². The molecular formula is C14H21NO. The van der Waals surface area contributed by atoms with Crippen LogP contribution in [0.25, 0.3) is 0 Å². The second-order valence-corrected chi connectivity index (χ2v) is 4.86. The van der Waals surface area contributed by atoms with E-state index >= 15 is 0 Å². The number of aryl methyl sites for hydroxylation is 1. The van der Waals surface area contributed by atoms with Crippen molar-refractivity contribution in [3.63, 3.8) is 0 Å². The predicted octanol–water partition coefficient (Wildman–Crippen LogP) is 2.43. The van der Waals surface area contributed by atoms with Gasteiger partial charge in [-0.05, 0) is 44.2 Å². The normalized spacial score (nSPS) is 26.9. The molecule has 0 aliphatic carbocycles. The fraction of sp³-hybridized carbons (Fsp3) is 0.571. The van der Waals surface area contributed by atoms with Crippen LogP contribution < -0.4 is 5.73 Å². The summed E-state index contributed by atoms with van der Waals surface area (Å²) < 4.78 is 5.81. The summed E-state index contributed by atoms with van der Waals surface area (Å²) in [6.45, 7) is 4.26. The van der Waals surface area contributed by atoms with Crippen LogP contribution in [-0.4, -0.2) is 18.2 Å². The number of ether oxygens (including phenoxy) is 1. The van der Waals surface area contributed by atoms with Crippen molar-refractivity contribution < 1.29 is 4.74 Å². The average Bonchev–Trinajstić information content (AvgIpc) is 2.68. The second-order valence-electron chi connectivity index (χ2n) is 4.86. The molecule has 1 aliphatic rings. The first-order chi connectivity index (χ1) is 7.66. The van der Waals surface area contributed by atoms with Crippen LogP contribution >= 0.6 is 0 Å². The molecule has 3 atom stereocenters. The lowest BCUT2D eigenvalue weighted by atomic mass is 9.97. The molecule has 2 rings (SSSR count). The molecule has 3 unspecified atom stereocenters. The molecule has 1 aromatic carbocycles. The summed E-state index contributed by atoms with van der Waals surface area (Å²) in [6.07, 6.45) is 3.80. The van der Waals surface area contributed by atoms with Gasteiger partial charge in [0.15, 0.2) is 0 Å². The first kappa shape index (κ1) is 11.6. The van der Waals surface area contributed by atoms with Crippen molar-refractivity contribution >= 4 is 0 Å². The molecule has 1 saturated heterocycles. The Labute approximate surface area is 97.8 Å². The molecule has 1 aromatic rings. The molecule has 0 radical (unpaired) electrons. The minimum absolute atomic E-state index is 0.131. The number of hydrogen-bond donors (Lipinski definition) is 1. The van der Waals surface area contributed by atoms with Crippen LogP contribution in [0.2, 0.25) is 0 Å². The Morgan fingerprint density at radius 2 is 2.12 bits per heavy atom. The van der Waals surface area contributed by atoms with Crippen LogP contribution in [0.4, 0.5) is 0 Å². The van der Waals surface area contributed by atoms with Gasteiger partial charge < -0.3 is 10.5 Å². The zero-order valence-corrected chi connectivity index (χ0v) is 10.1. The average molecular weight is 219 g/mol. The van der Waals surface area contributed by atoms with Crippen molar-refractivity contribution in [2.24, 2.45) is 5.73 Å². The van der Waals surface area contributed by atoms with Crippen LogP contribution in [0, 0.1) is 6.92 Å². The maximum absolute atomic E-state index is 6.22. The third-order valence-corrected chi connectivity index (χ3v) is 3.46. The van der Waals surface area contributed by atoms with E-state index in [0.29, 0.717) is 6.10 Å². The number of nitrogens with two attached hydrogens (primary N) is 1. The Morgan fingerprint density at radius 1 is 1.38 bits per heavy atom. The third kappa shape index (κ3) is 2.63. The van der Waals surface area contributed by atoms with Gasteiger partial charge in [-0.1, -0.05) is 24.3 Å². The smallest absolute Gasteiger partial charge is 0.0733 e. The lowest BCUT2D eigenvalue weighted by Crippen LogP contribution is -2.36. The summed E-state index contributed by atoms with van der Waals surface area (Å²) in [4.78, 5) is 0. The molecule has 1 heterocycles. The van der Waals surface area contributed by atoms with E-state index in [1.807, 2.05) is 0 Å². The summed E-state index contributed by atoms with van der Waals surface area (Å²) in [5.74, 6) is 0. The van der Waals surface area contributed by atoms with Crippen LogP contribution in [0.3, 0.4) is 0 Å². The third-order valence-electron chi connectivity index (χ3n) is 3.46. The molecule has 16 heavy (non-hydrogen) atoms. The maximum atomic E-state index is 6.22. The molecule has 0 bridgehead atoms. The number of rotatable bonds is 3. The van der Waals surface area contributed by atoms with E-state index < -0.39 is 0 Å². The van der Waals surface area contributed by atoms with Gasteiger partial charge in [0.25, 0.3) is 0 Å². The van der Waals surface area contributed by atoms with Crippen LogP contribution in [-0.2, 0) is 11.2 Å². The minimum atomic E-state index is 0.131. The summed E-state index contributed by atoms with van der Waals surface area (Å²) in [5.41, 5.74) is 8.89. The topological polar surface area (TPSA) is 35.2 Å². The number of hydrogen-bond acceptors (Lipinski definition) is 2. The maximum Gasteiger partial charge on any atom is 0.0733 e. The van der Waals surface area contributed by atoms with E-state index in [2.05, 4.69) is 38.1 Å². The van der Waals surface area contributed by atoms with Crippen molar-refractivity contribution in [2.75, 3.05) is 0 Å². The molecule has 0 aromatic heterocycles. The zero-order valence-electron chi connectivity index (χ0n) is 10.1. The van der Waals surface area contributed by atoms with Crippen molar-refractivity contribution in [1.82, 2.24) is 0 Å².